The van der Waals surface area contributed by atoms with Crippen molar-refractivity contribution < 1.29 is 482 Å². The first-order valence-corrected chi connectivity index (χ1v) is 50.6. The van der Waals surface area contributed by atoms with Crippen molar-refractivity contribution >= 4 is 140 Å². The molecule has 0 radical (unpaired) electrons. The molecule has 0 aromatic heterocycles. The van der Waals surface area contributed by atoms with Crippen LogP contribution >= 0.6 is 70.6 Å². The number of aliphatic hydroxyl groups is 16. The fourth-order valence-corrected chi connectivity index (χ4v) is 23.1. The van der Waals surface area contributed by atoms with Gasteiger partial charge in [0.2, 0.25) is 0 Å². The number of carbonyl (C=O) groups excluding carboxylic acids is 8. The molecule has 0 amide bonds. The quantitative estimate of drug-likeness (QED) is 0.0200. The molecule has 42 atom stereocenters. The Morgan fingerprint density at radius 3 is 0.449 bits per heavy atom. The minimum Gasteiger partial charge on any atom is -0.550 e. The van der Waals surface area contributed by atoms with Crippen molar-refractivity contribution in [1.29, 1.82) is 0 Å². The van der Waals surface area contributed by atoms with Gasteiger partial charge >= 0.3 is 236 Å². The van der Waals surface area contributed by atoms with E-state index in [1.54, 1.807) is 0 Å². The first kappa shape index (κ1) is 141. The Hall–Kier alpha value is 4.88. The molecule has 30 aliphatic rings. The Morgan fingerprint density at radius 2 is 0.319 bits per heavy atom. The average Bonchev–Trinajstić information content (AvgIpc) is 0.765. The van der Waals surface area contributed by atoms with Gasteiger partial charge in [-0.3, -0.25) is 8.42 Å². The number of carboxylic acid groups (broad SMARTS) is 8. The Balaban J connectivity index is 0.0000119. The van der Waals surface area contributed by atoms with E-state index < -0.39 is 424 Å². The molecular weight excluding hydrogens is 2110 g/mol. The van der Waals surface area contributed by atoms with E-state index in [2.05, 4.69) is 0 Å². The Kier molecular flexibility index (Phi) is 71.2. The van der Waals surface area contributed by atoms with Gasteiger partial charge < -0.3 is 237 Å². The third-order valence-corrected chi connectivity index (χ3v) is 30.7. The second-order valence-electron chi connectivity index (χ2n) is 31.0. The normalized spacial score (nSPS) is 39.1. The number of hydrogen-bond donors (Lipinski definition) is 16. The summed E-state index contributed by atoms with van der Waals surface area (Å²) in [6, 6.07) is 0. The molecule has 30 fully saturated rings. The van der Waals surface area contributed by atoms with Crippen molar-refractivity contribution in [3.8, 4) is 0 Å². The minimum absolute atomic E-state index is 0. The molecule has 0 aliphatic carbocycles. The molecule has 16 bridgehead atoms. The van der Waals surface area contributed by atoms with E-state index in [-0.39, 0.29) is 271 Å². The van der Waals surface area contributed by atoms with Crippen LogP contribution < -0.4 is 277 Å². The zero-order valence-corrected chi connectivity index (χ0v) is 98.9. The predicted octanol–water partition coefficient (Wildman–Crippen LogP) is -44.3. The molecule has 0 spiro atoms. The second kappa shape index (κ2) is 69.8. The maximum Gasteiger partial charge on any atom is 1.00 e. The van der Waals surface area contributed by atoms with Crippen LogP contribution in [0.3, 0.4) is 0 Å². The third kappa shape index (κ3) is 41.8. The Bertz CT molecular complexity index is 3610. The zero-order valence-electron chi connectivity index (χ0n) is 76.4. The van der Waals surface area contributed by atoms with Crippen LogP contribution in [0.2, 0.25) is 0 Å². The number of carbonyl (C=O) groups is 8. The topological polar surface area (TPSA) is 827 Å². The zero-order chi connectivity index (χ0) is 95.4. The van der Waals surface area contributed by atoms with Crippen molar-refractivity contribution in [3.63, 3.8) is 0 Å². The number of aliphatic carboxylic acids is 8. The van der Waals surface area contributed by atoms with Crippen molar-refractivity contribution in [2.24, 2.45) is 0 Å². The van der Waals surface area contributed by atoms with Crippen LogP contribution in [0.15, 0.2) is 0 Å². The van der Waals surface area contributed by atoms with Crippen LogP contribution in [0.25, 0.3) is 0 Å². The van der Waals surface area contributed by atoms with Gasteiger partial charge in [0.05, 0.1) is 48.1 Å². The first-order valence-electron chi connectivity index (χ1n) is 40.7. The van der Waals surface area contributed by atoms with Gasteiger partial charge in [-0.25, -0.2) is 0 Å². The van der Waals surface area contributed by atoms with E-state index in [0.29, 0.717) is 0 Å². The van der Waals surface area contributed by atoms with E-state index in [1.165, 1.54) is 0 Å². The van der Waals surface area contributed by atoms with Crippen LogP contribution in [-0.4, -0.2) is 476 Å². The molecule has 30 aliphatic heterocycles. The number of aliphatic hydroxyl groups excluding tert-OH is 16. The summed E-state index contributed by atoms with van der Waals surface area (Å²) in [6.45, 7) is 0. The predicted molar refractivity (Wildman–Crippen MR) is 421 cm³/mol. The smallest absolute Gasteiger partial charge is 0.550 e. The van der Waals surface area contributed by atoms with Gasteiger partial charge in [0.25, 0.3) is 0 Å². The molecule has 30 heterocycles. The van der Waals surface area contributed by atoms with Gasteiger partial charge in [-0.15, -0.1) is 0 Å². The summed E-state index contributed by atoms with van der Waals surface area (Å²) in [4.78, 5) is 93.4. The third-order valence-electron chi connectivity index (χ3n) is 21.6. The van der Waals surface area contributed by atoms with E-state index >= 15 is 0 Å². The molecule has 2 unspecified atom stereocenters. The van der Waals surface area contributed by atoms with Gasteiger partial charge in [0.1, 0.15) is 159 Å². The summed E-state index contributed by atoms with van der Waals surface area (Å²) in [6.07, 6.45) is -93.2. The van der Waals surface area contributed by atoms with Crippen molar-refractivity contribution in [1.82, 2.24) is 0 Å². The van der Waals surface area contributed by atoms with Gasteiger partial charge in [0.15, 0.2) is 50.3 Å². The molecule has 66 heteroatoms. The summed E-state index contributed by atoms with van der Waals surface area (Å²) in [5, 5.41) is 288. The molecule has 0 aromatic rings. The SMILES string of the molecule is O=C([O-])CCSC[C@H]1O[C@@H]2O[C@H]3[C@H](O)[C@@H](O)[C@@H](O[C@H]4[C@H](O)[C@@H](O)[C@@H](O[C@H]5[C@H](O)[C@@H](O)[C@@H](O[C@H]6[C@H](O)[C@@H](O)[C@@H](O[C@H]7[C@H](O)[C@@H](O)[C@@H](O[C@H]8[C@H](O)[C@@H](O)[C@@H](O[C@H]9[C@H](O)[C@@H](O)[C@@H](O[C@H]1[C@H](O)[C@H]2O)O[C@@H]9CSCCC(=O)[O-])O[C@@H]8CSCCC(=O)[O-])O[C@@H]7CSCCC(=O)[O-])O[C@@H]6CS(=O)CCC(=O)[O-])O[C@@H]5CS(=O)CCC(=O)[O-])O[C@@H]4CSCCC(=O)[O-])O[C@@H]3CSCCC(=O)[O-].[Na+].[Na+].[Na+].[Na+].[Na+].[Na+].[Na+].[Na+]. The second-order valence-corrected chi connectivity index (χ2v) is 41.2. The fraction of sp³-hybridized carbons (Fsp3) is 0.889. The van der Waals surface area contributed by atoms with E-state index in [9.17, 15) is 169 Å². The van der Waals surface area contributed by atoms with Crippen LogP contribution in [-0.2, 0) is 136 Å². The molecule has 30 rings (SSSR count). The largest absolute Gasteiger partial charge is 1.00 e. The summed E-state index contributed by atoms with van der Waals surface area (Å²) in [5.41, 5.74) is 0. The van der Waals surface area contributed by atoms with Crippen molar-refractivity contribution in [2.75, 3.05) is 92.0 Å². The Labute approximate surface area is 997 Å². The van der Waals surface area contributed by atoms with Crippen molar-refractivity contribution in [3.05, 3.63) is 0 Å². The molecule has 16 N–H and O–H groups in total. The molecule has 0 saturated carbocycles. The number of thioether (sulfide) groups is 6. The van der Waals surface area contributed by atoms with E-state index in [4.69, 9.17) is 75.8 Å². The van der Waals surface area contributed by atoms with Gasteiger partial charge in [-0.2, -0.15) is 70.6 Å². The van der Waals surface area contributed by atoms with Crippen LogP contribution in [0.1, 0.15) is 51.4 Å². The fourth-order valence-electron chi connectivity index (χ4n) is 14.9. The number of hydrogen-bond acceptors (Lipinski definition) is 56. The van der Waals surface area contributed by atoms with E-state index in [1.807, 2.05) is 0 Å². The molecule has 30 saturated heterocycles. The van der Waals surface area contributed by atoms with Gasteiger partial charge in [-0.1, -0.05) is 0 Å². The van der Waals surface area contributed by atoms with Crippen molar-refractivity contribution in [2.45, 2.75) is 297 Å². The van der Waals surface area contributed by atoms with Crippen LogP contribution in [0, 0.1) is 0 Å². The average molecular weight is 2210 g/mol. The molecule has 748 valence electrons. The summed E-state index contributed by atoms with van der Waals surface area (Å²) in [7, 11) is -4.82. The van der Waals surface area contributed by atoms with Gasteiger partial charge in [-0.05, 0) is 85.9 Å². The number of carboxylic acids is 8. The Morgan fingerprint density at radius 1 is 0.196 bits per heavy atom. The van der Waals surface area contributed by atoms with Gasteiger partial charge in [0, 0.05) is 115 Å². The standard InChI is InChI=1S/C72H112O50S8.8Na/c73-33(74)1-9-123-17-25-57-42(90)50(98)66(108-25)117-59-27(19-125-11-3-35(77)78)110-68(52(100)44(59)92)119-61-29(21-127-13-5-37(81)82)112-70(54(102)46(61)94)121-63-31(23-129(105)15-7-39(85)86)114-72(56(104)48(63)96)122-64-32(24-130(106)16-8-40(87)88)113-71(55(103)47(64)95)120-62-30(22-128-14-6-38(83)84)111-69(53(101)45(62)93)118-60-28(20-126-12-4-36(79)80)109-67(51(99)43(60)91)116-58-26(18-124-10-2-34(75)76)107-65(115-57)49(97)41(58)89;;;;;;;;/h25-32,41-72,89-104H,1-24H2,(H,73,74)(H,75,76)(H,77,78)(H,79,80)(H,81,82)(H,83,84)(H,85,86)(H,87,88);;;;;;;;/q;8*+1/p-8/t25-,26-,27-,28-,29-,30-,31-,32-,41-,42-,43-,44-,45-,46-,47-,48-,49-,50-,51-,52-,53-,54-,55-,56-,57-,58-,59-,60-,61-,62-,63-,64-,65-,66-,67-,68-,69-,70-,71-,72-,129?,130?;;;;;;;;/m1......../s1. The van der Waals surface area contributed by atoms with Crippen LogP contribution in [0.4, 0.5) is 0 Å². The maximum atomic E-state index is 13.9. The minimum atomic E-state index is -2.54. The summed E-state index contributed by atoms with van der Waals surface area (Å²) < 4.78 is 126. The summed E-state index contributed by atoms with van der Waals surface area (Å²) >= 11 is 4.72. The number of rotatable bonds is 40. The van der Waals surface area contributed by atoms with E-state index in [0.717, 1.165) is 70.6 Å². The number of ether oxygens (including phenoxy) is 16. The monoisotopic (exact) mass is 2210 g/mol. The molecule has 50 nitrogen and oxygen atoms in total. The van der Waals surface area contributed by atoms with Crippen LogP contribution in [0.5, 0.6) is 0 Å². The molecular formula is C72H104Na8O50S8. The maximum absolute atomic E-state index is 13.9. The molecule has 0 aromatic carbocycles. The summed E-state index contributed by atoms with van der Waals surface area (Å²) in [5.74, 6) is -20.5. The molecule has 138 heavy (non-hydrogen) atoms. The first-order chi connectivity index (χ1) is 61.5.